The number of hydrogen-bond donors (Lipinski definition) is 3. The molecule has 0 aliphatic heterocycles. The number of aliphatic hydroxyl groups is 1. The molecule has 0 aromatic carbocycles. The predicted octanol–water partition coefficient (Wildman–Crippen LogP) is -1.46. The minimum Gasteiger partial charge on any atom is -0.481 e. The first-order valence-electron chi connectivity index (χ1n) is 2.54. The maximum Gasteiger partial charge on any atom is 0.335 e. The zero-order chi connectivity index (χ0) is 8.36. The first-order valence-corrected chi connectivity index (χ1v) is 2.54. The molecule has 5 nitrogen and oxygen atoms in total. The summed E-state index contributed by atoms with van der Waals surface area (Å²) in [4.78, 5) is 19.9. The van der Waals surface area contributed by atoms with Crippen molar-refractivity contribution in [3.8, 4) is 0 Å². The van der Waals surface area contributed by atoms with Crippen LogP contribution in [0.2, 0.25) is 0 Å². The van der Waals surface area contributed by atoms with Gasteiger partial charge >= 0.3 is 11.9 Å². The van der Waals surface area contributed by atoms with E-state index in [1.54, 1.807) is 0 Å². The van der Waals surface area contributed by atoms with Crippen molar-refractivity contribution in [3.05, 3.63) is 0 Å². The molecule has 0 amide bonds. The van der Waals surface area contributed by atoms with E-state index in [0.717, 1.165) is 6.92 Å². The predicted molar refractivity (Wildman–Crippen MR) is 42.0 cm³/mol. The minimum absolute atomic E-state index is 0. The average Bonchev–Trinajstić information content (AvgIpc) is 1.60. The first kappa shape index (κ1) is 18.6. The van der Waals surface area contributed by atoms with Crippen molar-refractivity contribution < 1.29 is 24.9 Å². The Morgan fingerprint density at radius 2 is 1.58 bits per heavy atom. The molecule has 0 spiro atoms. The summed E-state index contributed by atoms with van der Waals surface area (Å²) in [5, 5.41) is 25.0. The van der Waals surface area contributed by atoms with E-state index < -0.39 is 24.0 Å². The van der Waals surface area contributed by atoms with E-state index in [1.165, 1.54) is 0 Å². The van der Waals surface area contributed by atoms with Gasteiger partial charge in [0.2, 0.25) is 0 Å². The van der Waals surface area contributed by atoms with Gasteiger partial charge in [-0.05, 0) is 6.92 Å². The summed E-state index contributed by atoms with van der Waals surface area (Å²) < 4.78 is 0. The molecular formula is C5H8Na2O5. The Bertz CT molecular complexity index is 167. The summed E-state index contributed by atoms with van der Waals surface area (Å²) in [5.74, 6) is -2.87. The third-order valence-electron chi connectivity index (χ3n) is 0.956. The van der Waals surface area contributed by atoms with Crippen molar-refractivity contribution in [2.24, 2.45) is 0 Å². The van der Waals surface area contributed by atoms with E-state index in [-0.39, 0.29) is 59.1 Å². The van der Waals surface area contributed by atoms with Crippen molar-refractivity contribution in [1.82, 2.24) is 0 Å². The zero-order valence-corrected chi connectivity index (χ0v) is 11.4. The van der Waals surface area contributed by atoms with Crippen LogP contribution in [-0.2, 0) is 9.59 Å². The van der Waals surface area contributed by atoms with Crippen LogP contribution in [0.1, 0.15) is 13.3 Å². The van der Waals surface area contributed by atoms with Crippen LogP contribution in [0.3, 0.4) is 0 Å². The standard InChI is InChI=1S/C5H8O5.2Na/c1-5(10,4(8)9)2-3(6)7;;/h10H,2H2,1H3,(H,6,7)(H,8,9);;/t5-;;/m1../s1. The van der Waals surface area contributed by atoms with Crippen molar-refractivity contribution in [2.75, 3.05) is 0 Å². The number of rotatable bonds is 3. The zero-order valence-electron chi connectivity index (χ0n) is 7.37. The fraction of sp³-hybridized carbons (Fsp3) is 0.600. The van der Waals surface area contributed by atoms with Gasteiger partial charge < -0.3 is 15.3 Å². The van der Waals surface area contributed by atoms with Crippen LogP contribution < -0.4 is 0 Å². The molecule has 1 atom stereocenters. The average molecular weight is 194 g/mol. The van der Waals surface area contributed by atoms with Crippen LogP contribution in [0.4, 0.5) is 0 Å². The van der Waals surface area contributed by atoms with Crippen LogP contribution in [0.5, 0.6) is 0 Å². The summed E-state index contributed by atoms with van der Waals surface area (Å²) in [6, 6.07) is 0. The molecule has 3 N–H and O–H groups in total. The Labute approximate surface area is 114 Å². The number of aliphatic carboxylic acids is 2. The third kappa shape index (κ3) is 7.54. The van der Waals surface area contributed by atoms with Crippen LogP contribution in [-0.4, -0.2) is 92.0 Å². The Morgan fingerprint density at radius 3 is 1.67 bits per heavy atom. The van der Waals surface area contributed by atoms with Gasteiger partial charge in [0, 0.05) is 59.1 Å². The van der Waals surface area contributed by atoms with Crippen LogP contribution in [0.25, 0.3) is 0 Å². The van der Waals surface area contributed by atoms with Gasteiger partial charge in [0.25, 0.3) is 0 Å². The molecule has 0 heterocycles. The van der Waals surface area contributed by atoms with E-state index >= 15 is 0 Å². The van der Waals surface area contributed by atoms with Gasteiger partial charge in [-0.3, -0.25) is 4.79 Å². The second kappa shape index (κ2) is 7.32. The van der Waals surface area contributed by atoms with Crippen LogP contribution >= 0.6 is 0 Å². The molecule has 0 aliphatic carbocycles. The monoisotopic (exact) mass is 194 g/mol. The molecule has 0 saturated carbocycles. The Balaban J connectivity index is -0.000000405. The molecule has 7 heteroatoms. The Kier molecular flexibility index (Phi) is 11.4. The van der Waals surface area contributed by atoms with Gasteiger partial charge in [0.05, 0.1) is 6.42 Å². The van der Waals surface area contributed by atoms with Crippen molar-refractivity contribution in [2.45, 2.75) is 18.9 Å². The summed E-state index contributed by atoms with van der Waals surface area (Å²) >= 11 is 0. The Morgan fingerprint density at radius 1 is 1.25 bits per heavy atom. The fourth-order valence-corrected chi connectivity index (χ4v) is 0.370. The molecule has 0 fully saturated rings. The second-order valence-electron chi connectivity index (χ2n) is 2.15. The number of hydrogen-bond acceptors (Lipinski definition) is 3. The van der Waals surface area contributed by atoms with Gasteiger partial charge in [-0.2, -0.15) is 0 Å². The van der Waals surface area contributed by atoms with Crippen molar-refractivity contribution >= 4 is 71.1 Å². The topological polar surface area (TPSA) is 94.8 Å². The minimum atomic E-state index is -2.16. The molecule has 0 unspecified atom stereocenters. The maximum absolute atomic E-state index is 10.0. The normalized spacial score (nSPS) is 13.2. The number of carbonyl (C=O) groups is 2. The van der Waals surface area contributed by atoms with E-state index in [4.69, 9.17) is 15.3 Å². The Hall–Kier alpha value is 0.900. The fourth-order valence-electron chi connectivity index (χ4n) is 0.370. The number of carboxylic acids is 2. The largest absolute Gasteiger partial charge is 0.481 e. The summed E-state index contributed by atoms with van der Waals surface area (Å²) in [7, 11) is 0. The van der Waals surface area contributed by atoms with Crippen molar-refractivity contribution in [3.63, 3.8) is 0 Å². The van der Waals surface area contributed by atoms with Gasteiger partial charge in [-0.15, -0.1) is 0 Å². The molecule has 0 aromatic heterocycles. The molecule has 12 heavy (non-hydrogen) atoms. The molecule has 0 aromatic rings. The van der Waals surface area contributed by atoms with E-state index in [0.29, 0.717) is 0 Å². The van der Waals surface area contributed by atoms with Gasteiger partial charge in [0.15, 0.2) is 5.60 Å². The van der Waals surface area contributed by atoms with Crippen LogP contribution in [0, 0.1) is 0 Å². The first-order chi connectivity index (χ1) is 4.36. The third-order valence-corrected chi connectivity index (χ3v) is 0.956. The summed E-state index contributed by atoms with van der Waals surface area (Å²) in [5.41, 5.74) is -2.16. The molecular weight excluding hydrogens is 186 g/mol. The molecule has 0 bridgehead atoms. The molecule has 0 saturated heterocycles. The second-order valence-corrected chi connectivity index (χ2v) is 2.15. The van der Waals surface area contributed by atoms with Crippen molar-refractivity contribution in [1.29, 1.82) is 0 Å². The number of carboxylic acid groups (broad SMARTS) is 2. The molecule has 60 valence electrons. The molecule has 2 radical (unpaired) electrons. The van der Waals surface area contributed by atoms with E-state index in [9.17, 15) is 9.59 Å². The summed E-state index contributed by atoms with van der Waals surface area (Å²) in [6.45, 7) is 0.934. The van der Waals surface area contributed by atoms with E-state index in [1.807, 2.05) is 0 Å². The SMILES string of the molecule is C[C@@](O)(CC(=O)O)C(=O)O.[Na].[Na]. The van der Waals surface area contributed by atoms with Gasteiger partial charge in [-0.25, -0.2) is 4.79 Å². The maximum atomic E-state index is 10.0. The molecule has 0 aliphatic rings. The quantitative estimate of drug-likeness (QED) is 0.477. The van der Waals surface area contributed by atoms with Gasteiger partial charge in [0.1, 0.15) is 0 Å². The summed E-state index contributed by atoms with van der Waals surface area (Å²) in [6.07, 6.45) is -0.789. The smallest absolute Gasteiger partial charge is 0.335 e. The molecule has 0 rings (SSSR count). The van der Waals surface area contributed by atoms with E-state index in [2.05, 4.69) is 0 Å². The van der Waals surface area contributed by atoms with Crippen LogP contribution in [0.15, 0.2) is 0 Å². The van der Waals surface area contributed by atoms with Gasteiger partial charge in [-0.1, -0.05) is 0 Å².